The van der Waals surface area contributed by atoms with E-state index in [0.717, 1.165) is 22.1 Å². The summed E-state index contributed by atoms with van der Waals surface area (Å²) in [5.41, 5.74) is 4.88. The number of nitrogens with zero attached hydrogens (tertiary/aromatic N) is 2. The highest BCUT2D eigenvalue weighted by atomic mass is 79.9. The summed E-state index contributed by atoms with van der Waals surface area (Å²) in [5, 5.41) is 0.674. The average molecular weight is 406 g/mol. The highest BCUT2D eigenvalue weighted by Crippen LogP contribution is 2.42. The maximum Gasteiger partial charge on any atom is 0.0645 e. The zero-order valence-electron chi connectivity index (χ0n) is 14.5. The summed E-state index contributed by atoms with van der Waals surface area (Å²) in [6.07, 6.45) is 3.06. The van der Waals surface area contributed by atoms with Crippen molar-refractivity contribution in [2.45, 2.75) is 38.6 Å². The van der Waals surface area contributed by atoms with Gasteiger partial charge in [-0.1, -0.05) is 24.6 Å². The fourth-order valence-electron chi connectivity index (χ4n) is 3.39. The number of aliphatic imine (C=N–C) groups is 1. The van der Waals surface area contributed by atoms with Crippen LogP contribution in [0.25, 0.3) is 0 Å². The molecule has 0 spiro atoms. The van der Waals surface area contributed by atoms with Crippen LogP contribution in [0.5, 0.6) is 0 Å². The molecule has 0 N–H and O–H groups in total. The third-order valence-electron chi connectivity index (χ3n) is 4.92. The highest BCUT2D eigenvalue weighted by molar-refractivity contribution is 9.10. The molecule has 1 atom stereocenters. The first kappa shape index (κ1) is 17.5. The van der Waals surface area contributed by atoms with Gasteiger partial charge < -0.3 is 4.90 Å². The molecule has 2 aromatic rings. The zero-order valence-corrected chi connectivity index (χ0v) is 16.8. The first-order chi connectivity index (χ1) is 11.3. The molecule has 0 amide bonds. The van der Waals surface area contributed by atoms with Gasteiger partial charge in [0.05, 0.1) is 10.7 Å². The summed E-state index contributed by atoms with van der Waals surface area (Å²) in [4.78, 5) is 6.94. The molecule has 0 fully saturated rings. The Balaban J connectivity index is 1.90. The Labute approximate surface area is 157 Å². The highest BCUT2D eigenvalue weighted by Gasteiger charge is 2.33. The predicted molar refractivity (Wildman–Crippen MR) is 108 cm³/mol. The lowest BCUT2D eigenvalue weighted by Gasteiger charge is -2.45. The summed E-state index contributed by atoms with van der Waals surface area (Å²) < 4.78 is 0.886. The van der Waals surface area contributed by atoms with Gasteiger partial charge in [-0.2, -0.15) is 0 Å². The molecule has 0 aromatic heterocycles. The number of anilines is 1. The first-order valence-electron chi connectivity index (χ1n) is 8.15. The molecule has 1 heterocycles. The lowest BCUT2D eigenvalue weighted by atomic mass is 9.80. The number of hydrogen-bond donors (Lipinski definition) is 0. The van der Waals surface area contributed by atoms with E-state index in [1.165, 1.54) is 11.3 Å². The van der Waals surface area contributed by atoms with E-state index >= 15 is 0 Å². The third-order valence-corrected chi connectivity index (χ3v) is 6.16. The van der Waals surface area contributed by atoms with Crippen molar-refractivity contribution in [2.24, 2.45) is 4.99 Å². The molecule has 0 bridgehead atoms. The van der Waals surface area contributed by atoms with E-state index in [1.807, 2.05) is 24.4 Å². The molecule has 1 unspecified atom stereocenters. The predicted octanol–water partition coefficient (Wildman–Crippen LogP) is 6.58. The normalized spacial score (nSPS) is 19.6. The molecule has 3 rings (SSSR count). The van der Waals surface area contributed by atoms with E-state index in [-0.39, 0.29) is 5.54 Å². The summed E-state index contributed by atoms with van der Waals surface area (Å²) >= 11 is 9.53. The Bertz CT molecular complexity index is 798. The molecule has 0 radical (unpaired) electrons. The van der Waals surface area contributed by atoms with Gasteiger partial charge in [0.25, 0.3) is 0 Å². The van der Waals surface area contributed by atoms with Gasteiger partial charge in [0, 0.05) is 29.0 Å². The zero-order chi connectivity index (χ0) is 17.5. The fraction of sp³-hybridized carbons (Fsp3) is 0.350. The van der Waals surface area contributed by atoms with Crippen molar-refractivity contribution >= 4 is 45.1 Å². The van der Waals surface area contributed by atoms with Gasteiger partial charge in [0.15, 0.2) is 0 Å². The van der Waals surface area contributed by atoms with Crippen LogP contribution in [0.15, 0.2) is 45.9 Å². The van der Waals surface area contributed by atoms with Crippen molar-refractivity contribution in [1.29, 1.82) is 0 Å². The first-order valence-corrected chi connectivity index (χ1v) is 9.32. The monoisotopic (exact) mass is 404 g/mol. The van der Waals surface area contributed by atoms with Gasteiger partial charge in [0.2, 0.25) is 0 Å². The molecule has 0 saturated heterocycles. The minimum absolute atomic E-state index is 0.191. The largest absolute Gasteiger partial charge is 0.369 e. The van der Waals surface area contributed by atoms with E-state index in [9.17, 15) is 0 Å². The number of rotatable bonds is 2. The van der Waals surface area contributed by atoms with Gasteiger partial charge in [-0.25, -0.2) is 0 Å². The molecule has 4 heteroatoms. The summed E-state index contributed by atoms with van der Waals surface area (Å²) in [7, 11) is 2.18. The van der Waals surface area contributed by atoms with Gasteiger partial charge in [-0.3, -0.25) is 4.99 Å². The molecular weight excluding hydrogens is 384 g/mol. The minimum Gasteiger partial charge on any atom is -0.369 e. The summed E-state index contributed by atoms with van der Waals surface area (Å²) in [5.74, 6) is 0.543. The van der Waals surface area contributed by atoms with E-state index in [2.05, 4.69) is 71.8 Å². The lowest BCUT2D eigenvalue weighted by molar-refractivity contribution is 0.395. The second kappa shape index (κ2) is 6.53. The number of hydrogen-bond acceptors (Lipinski definition) is 2. The Morgan fingerprint density at radius 3 is 2.71 bits per heavy atom. The Hall–Kier alpha value is -1.32. The van der Waals surface area contributed by atoms with Crippen molar-refractivity contribution in [3.63, 3.8) is 0 Å². The number of benzene rings is 2. The van der Waals surface area contributed by atoms with Crippen LogP contribution in [0, 0.1) is 0 Å². The fourth-order valence-corrected chi connectivity index (χ4v) is 3.81. The Morgan fingerprint density at radius 1 is 1.25 bits per heavy atom. The maximum atomic E-state index is 6.13. The SMILES string of the molecule is CC1CC(C)(C)N(C)c2ccc(C=Nc3ccc(Br)c(Cl)c3)cc21. The second-order valence-electron chi connectivity index (χ2n) is 7.15. The van der Waals surface area contributed by atoms with Crippen LogP contribution in [-0.2, 0) is 0 Å². The van der Waals surface area contributed by atoms with Crippen LogP contribution in [0.3, 0.4) is 0 Å². The van der Waals surface area contributed by atoms with Gasteiger partial charge in [-0.05, 0) is 83.6 Å². The standard InChI is InChI=1S/C20H22BrClN2/c1-13-11-20(2,3)24(4)19-8-5-14(9-16(13)19)12-23-15-6-7-17(21)18(22)10-15/h5-10,12-13H,11H2,1-4H3. The smallest absolute Gasteiger partial charge is 0.0645 e. The molecule has 1 aliphatic heterocycles. The molecule has 2 nitrogen and oxygen atoms in total. The van der Waals surface area contributed by atoms with E-state index in [4.69, 9.17) is 11.6 Å². The second-order valence-corrected chi connectivity index (χ2v) is 8.41. The maximum absolute atomic E-state index is 6.13. The lowest BCUT2D eigenvalue weighted by Crippen LogP contribution is -2.45. The molecule has 1 aliphatic rings. The Kier molecular flexibility index (Phi) is 4.76. The average Bonchev–Trinajstić information content (AvgIpc) is 2.53. The van der Waals surface area contributed by atoms with Gasteiger partial charge in [-0.15, -0.1) is 0 Å². The molecule has 0 saturated carbocycles. The van der Waals surface area contributed by atoms with Crippen molar-refractivity contribution in [2.75, 3.05) is 11.9 Å². The van der Waals surface area contributed by atoms with Gasteiger partial charge >= 0.3 is 0 Å². The third kappa shape index (κ3) is 3.38. The van der Waals surface area contributed by atoms with Crippen LogP contribution < -0.4 is 4.90 Å². The van der Waals surface area contributed by atoms with Crippen LogP contribution in [0.4, 0.5) is 11.4 Å². The number of halogens is 2. The van der Waals surface area contributed by atoms with Gasteiger partial charge in [0.1, 0.15) is 0 Å². The van der Waals surface area contributed by atoms with Crippen LogP contribution in [0.2, 0.25) is 5.02 Å². The van der Waals surface area contributed by atoms with Crippen molar-refractivity contribution in [3.8, 4) is 0 Å². The minimum atomic E-state index is 0.191. The van der Waals surface area contributed by atoms with E-state index in [1.54, 1.807) is 0 Å². The van der Waals surface area contributed by atoms with Crippen LogP contribution in [0.1, 0.15) is 44.2 Å². The molecule has 24 heavy (non-hydrogen) atoms. The van der Waals surface area contributed by atoms with E-state index < -0.39 is 0 Å². The quantitative estimate of drug-likeness (QED) is 0.515. The van der Waals surface area contributed by atoms with Crippen molar-refractivity contribution in [1.82, 2.24) is 0 Å². The molecule has 0 aliphatic carbocycles. The molecule has 126 valence electrons. The Morgan fingerprint density at radius 2 is 2.00 bits per heavy atom. The topological polar surface area (TPSA) is 15.6 Å². The van der Waals surface area contributed by atoms with Crippen molar-refractivity contribution < 1.29 is 0 Å². The van der Waals surface area contributed by atoms with Crippen LogP contribution in [-0.4, -0.2) is 18.8 Å². The summed E-state index contributed by atoms with van der Waals surface area (Å²) in [6.45, 7) is 6.92. The summed E-state index contributed by atoms with van der Waals surface area (Å²) in [6, 6.07) is 12.3. The molecular formula is C20H22BrClN2. The number of fused-ring (bicyclic) bond motifs is 1. The van der Waals surface area contributed by atoms with E-state index in [0.29, 0.717) is 10.9 Å². The van der Waals surface area contributed by atoms with Crippen molar-refractivity contribution in [3.05, 3.63) is 57.0 Å². The van der Waals surface area contributed by atoms with Crippen LogP contribution >= 0.6 is 27.5 Å². The molecule has 2 aromatic carbocycles.